The molecule has 1 aromatic heterocycles. The predicted molar refractivity (Wildman–Crippen MR) is 89.6 cm³/mol. The van der Waals surface area contributed by atoms with Crippen molar-refractivity contribution in [3.8, 4) is 5.69 Å². The molecular weight excluding hydrogens is 303 g/mol. The SMILES string of the molecule is CCCc1ccc(-n2c(CCl)nc3ccc(Cl)cc32)cc1. The minimum Gasteiger partial charge on any atom is -0.295 e. The van der Waals surface area contributed by atoms with E-state index < -0.39 is 0 Å². The van der Waals surface area contributed by atoms with Crippen molar-refractivity contribution in [1.82, 2.24) is 9.55 Å². The van der Waals surface area contributed by atoms with Gasteiger partial charge in [-0.25, -0.2) is 4.98 Å². The number of fused-ring (bicyclic) bond motifs is 1. The van der Waals surface area contributed by atoms with Crippen LogP contribution < -0.4 is 0 Å². The van der Waals surface area contributed by atoms with Crippen LogP contribution in [0.15, 0.2) is 42.5 Å². The number of benzene rings is 2. The normalized spacial score (nSPS) is 11.2. The minimum absolute atomic E-state index is 0.364. The van der Waals surface area contributed by atoms with Crippen molar-refractivity contribution in [3.05, 3.63) is 58.9 Å². The fourth-order valence-corrected chi connectivity index (χ4v) is 2.92. The molecule has 108 valence electrons. The first-order chi connectivity index (χ1) is 10.2. The van der Waals surface area contributed by atoms with Crippen LogP contribution in [0, 0.1) is 0 Å². The van der Waals surface area contributed by atoms with Crippen molar-refractivity contribution >= 4 is 34.2 Å². The Kier molecular flexibility index (Phi) is 4.18. The molecule has 0 unspecified atom stereocenters. The van der Waals surface area contributed by atoms with Crippen molar-refractivity contribution in [1.29, 1.82) is 0 Å². The highest BCUT2D eigenvalue weighted by Crippen LogP contribution is 2.25. The molecule has 0 spiro atoms. The van der Waals surface area contributed by atoms with E-state index >= 15 is 0 Å². The first-order valence-electron chi connectivity index (χ1n) is 7.05. The third-order valence-corrected chi connectivity index (χ3v) is 4.01. The van der Waals surface area contributed by atoms with Crippen LogP contribution in [0.4, 0.5) is 0 Å². The highest BCUT2D eigenvalue weighted by molar-refractivity contribution is 6.31. The van der Waals surface area contributed by atoms with Crippen molar-refractivity contribution in [3.63, 3.8) is 0 Å². The zero-order chi connectivity index (χ0) is 14.8. The van der Waals surface area contributed by atoms with Gasteiger partial charge in [0.15, 0.2) is 0 Å². The molecule has 21 heavy (non-hydrogen) atoms. The number of hydrogen-bond acceptors (Lipinski definition) is 1. The van der Waals surface area contributed by atoms with Crippen LogP contribution in [0.25, 0.3) is 16.7 Å². The van der Waals surface area contributed by atoms with Gasteiger partial charge in [-0.1, -0.05) is 37.1 Å². The van der Waals surface area contributed by atoms with Gasteiger partial charge < -0.3 is 0 Å². The van der Waals surface area contributed by atoms with Gasteiger partial charge in [0.1, 0.15) is 5.82 Å². The van der Waals surface area contributed by atoms with E-state index in [2.05, 4.69) is 40.7 Å². The number of aryl methyl sites for hydroxylation is 1. The lowest BCUT2D eigenvalue weighted by Gasteiger charge is -2.09. The Balaban J connectivity index is 2.15. The Morgan fingerprint density at radius 1 is 1.10 bits per heavy atom. The Labute approximate surface area is 134 Å². The second-order valence-corrected chi connectivity index (χ2v) is 5.75. The Bertz CT molecular complexity index is 760. The summed E-state index contributed by atoms with van der Waals surface area (Å²) in [5, 5.41) is 0.701. The standard InChI is InChI=1S/C17H16Cl2N2/c1-2-3-12-4-7-14(8-5-12)21-16-10-13(19)6-9-15(16)20-17(21)11-18/h4-10H,2-3,11H2,1H3. The van der Waals surface area contributed by atoms with Crippen LogP contribution in [-0.2, 0) is 12.3 Å². The smallest absolute Gasteiger partial charge is 0.129 e. The fraction of sp³-hybridized carbons (Fsp3) is 0.235. The molecule has 0 bridgehead atoms. The molecule has 0 saturated heterocycles. The van der Waals surface area contributed by atoms with Gasteiger partial charge >= 0.3 is 0 Å². The molecule has 2 aromatic carbocycles. The molecule has 0 aliphatic carbocycles. The maximum atomic E-state index is 6.12. The van der Waals surface area contributed by atoms with Gasteiger partial charge in [0, 0.05) is 10.7 Å². The van der Waals surface area contributed by atoms with Gasteiger partial charge in [-0.05, 0) is 42.3 Å². The fourth-order valence-electron chi connectivity index (χ4n) is 2.58. The number of rotatable bonds is 4. The summed E-state index contributed by atoms with van der Waals surface area (Å²) in [6.07, 6.45) is 2.25. The predicted octanol–water partition coefficient (Wildman–Crippen LogP) is 5.37. The molecule has 3 aromatic rings. The molecule has 0 amide bonds. The molecule has 0 aliphatic rings. The van der Waals surface area contributed by atoms with E-state index in [-0.39, 0.29) is 0 Å². The summed E-state index contributed by atoms with van der Waals surface area (Å²) in [7, 11) is 0. The van der Waals surface area contributed by atoms with E-state index in [1.807, 2.05) is 18.2 Å². The second-order valence-electron chi connectivity index (χ2n) is 5.05. The highest BCUT2D eigenvalue weighted by Gasteiger charge is 2.12. The van der Waals surface area contributed by atoms with Crippen LogP contribution in [0.5, 0.6) is 0 Å². The maximum absolute atomic E-state index is 6.12. The zero-order valence-electron chi connectivity index (χ0n) is 11.8. The summed E-state index contributed by atoms with van der Waals surface area (Å²) in [4.78, 5) is 4.58. The van der Waals surface area contributed by atoms with Gasteiger partial charge in [-0.3, -0.25) is 4.57 Å². The molecule has 0 radical (unpaired) electrons. The van der Waals surface area contributed by atoms with Crippen LogP contribution >= 0.6 is 23.2 Å². The van der Waals surface area contributed by atoms with Crippen molar-refractivity contribution in [2.75, 3.05) is 0 Å². The van der Waals surface area contributed by atoms with Gasteiger partial charge in [0.05, 0.1) is 16.9 Å². The first-order valence-corrected chi connectivity index (χ1v) is 7.96. The molecule has 4 heteroatoms. The monoisotopic (exact) mass is 318 g/mol. The van der Waals surface area contributed by atoms with Crippen molar-refractivity contribution in [2.24, 2.45) is 0 Å². The van der Waals surface area contributed by atoms with Crippen LogP contribution in [0.2, 0.25) is 5.02 Å². The van der Waals surface area contributed by atoms with E-state index in [1.165, 1.54) is 5.56 Å². The number of halogens is 2. The summed E-state index contributed by atoms with van der Waals surface area (Å²) in [6.45, 7) is 2.19. The summed E-state index contributed by atoms with van der Waals surface area (Å²) in [5.41, 5.74) is 4.31. The summed E-state index contributed by atoms with van der Waals surface area (Å²) < 4.78 is 2.07. The number of hydrogen-bond donors (Lipinski definition) is 0. The Morgan fingerprint density at radius 2 is 1.86 bits per heavy atom. The molecule has 0 saturated carbocycles. The number of imidazole rings is 1. The second kappa shape index (κ2) is 6.08. The molecule has 0 atom stereocenters. The molecule has 0 aliphatic heterocycles. The molecule has 0 fully saturated rings. The number of aromatic nitrogens is 2. The number of alkyl halides is 1. The molecular formula is C17H16Cl2N2. The first kappa shape index (κ1) is 14.4. The average molecular weight is 319 g/mol. The van der Waals surface area contributed by atoms with Crippen molar-refractivity contribution < 1.29 is 0 Å². The zero-order valence-corrected chi connectivity index (χ0v) is 13.3. The quantitative estimate of drug-likeness (QED) is 0.591. The lowest BCUT2D eigenvalue weighted by Crippen LogP contribution is -1.99. The third kappa shape index (κ3) is 2.78. The highest BCUT2D eigenvalue weighted by atomic mass is 35.5. The van der Waals surface area contributed by atoms with Crippen LogP contribution in [0.3, 0.4) is 0 Å². The van der Waals surface area contributed by atoms with Gasteiger partial charge in [-0.2, -0.15) is 0 Å². The number of nitrogens with zero attached hydrogens (tertiary/aromatic N) is 2. The van der Waals surface area contributed by atoms with E-state index in [0.717, 1.165) is 35.4 Å². The Hall–Kier alpha value is -1.51. The topological polar surface area (TPSA) is 17.8 Å². The van der Waals surface area contributed by atoms with E-state index in [1.54, 1.807) is 0 Å². The van der Waals surface area contributed by atoms with Crippen molar-refractivity contribution in [2.45, 2.75) is 25.6 Å². The summed E-state index contributed by atoms with van der Waals surface area (Å²) >= 11 is 12.2. The van der Waals surface area contributed by atoms with E-state index in [4.69, 9.17) is 23.2 Å². The Morgan fingerprint density at radius 3 is 2.52 bits per heavy atom. The third-order valence-electron chi connectivity index (χ3n) is 3.54. The molecule has 2 nitrogen and oxygen atoms in total. The largest absolute Gasteiger partial charge is 0.295 e. The molecule has 3 rings (SSSR count). The molecule has 0 N–H and O–H groups in total. The minimum atomic E-state index is 0.364. The lowest BCUT2D eigenvalue weighted by molar-refractivity contribution is 0.918. The average Bonchev–Trinajstić information content (AvgIpc) is 2.86. The maximum Gasteiger partial charge on any atom is 0.129 e. The summed E-state index contributed by atoms with van der Waals surface area (Å²) in [5.74, 6) is 1.19. The molecule has 1 heterocycles. The van der Waals surface area contributed by atoms with E-state index in [0.29, 0.717) is 10.9 Å². The van der Waals surface area contributed by atoms with Gasteiger partial charge in [0.2, 0.25) is 0 Å². The lowest BCUT2D eigenvalue weighted by atomic mass is 10.1. The van der Waals surface area contributed by atoms with Crippen LogP contribution in [0.1, 0.15) is 24.7 Å². The summed E-state index contributed by atoms with van der Waals surface area (Å²) in [6, 6.07) is 14.3. The van der Waals surface area contributed by atoms with E-state index in [9.17, 15) is 0 Å². The van der Waals surface area contributed by atoms with Crippen LogP contribution in [-0.4, -0.2) is 9.55 Å². The van der Waals surface area contributed by atoms with Gasteiger partial charge in [0.25, 0.3) is 0 Å². The van der Waals surface area contributed by atoms with Gasteiger partial charge in [-0.15, -0.1) is 11.6 Å².